The van der Waals surface area contributed by atoms with Crippen LogP contribution >= 0.6 is 0 Å². The van der Waals surface area contributed by atoms with Gasteiger partial charge in [0.25, 0.3) is 0 Å². The number of carboxylic acid groups (broad SMARTS) is 1. The molecule has 0 aliphatic rings. The molecular weight excluding hydrogens is 130 g/mol. The number of hydrogen-bond donors (Lipinski definition) is 0. The minimum Gasteiger partial charge on any atom is -0.545 e. The van der Waals surface area contributed by atoms with Crippen LogP contribution in [0, 0.1) is 0 Å². The summed E-state index contributed by atoms with van der Waals surface area (Å²) in [6, 6.07) is 0. The standard InChI is InChI=1S/C7H13NO2/c1-4-6(7(9)10)5-8(2)3/h5H,4H2,1-3H3,(H,9,10)/p-1. The Hall–Kier alpha value is -0.990. The molecule has 10 heavy (non-hydrogen) atoms. The second kappa shape index (κ2) is 3.93. The van der Waals surface area contributed by atoms with Crippen molar-refractivity contribution in [1.29, 1.82) is 0 Å². The average molecular weight is 142 g/mol. The van der Waals surface area contributed by atoms with E-state index in [0.717, 1.165) is 0 Å². The van der Waals surface area contributed by atoms with Crippen LogP contribution in [0.5, 0.6) is 0 Å². The van der Waals surface area contributed by atoms with Gasteiger partial charge in [-0.25, -0.2) is 0 Å². The van der Waals surface area contributed by atoms with E-state index in [1.165, 1.54) is 0 Å². The zero-order valence-electron chi connectivity index (χ0n) is 6.55. The SMILES string of the molecule is CCC(=CN(C)C)C(=O)[O-]. The second-order valence-corrected chi connectivity index (χ2v) is 2.26. The normalized spacial score (nSPS) is 11.3. The molecule has 0 aromatic heterocycles. The molecule has 0 unspecified atom stereocenters. The van der Waals surface area contributed by atoms with Crippen LogP contribution in [-0.2, 0) is 4.79 Å². The molecule has 0 saturated carbocycles. The van der Waals surface area contributed by atoms with Gasteiger partial charge in [-0.3, -0.25) is 0 Å². The molecule has 0 bridgehead atoms. The van der Waals surface area contributed by atoms with Gasteiger partial charge in [-0.1, -0.05) is 6.92 Å². The molecule has 0 saturated heterocycles. The van der Waals surface area contributed by atoms with Crippen molar-refractivity contribution < 1.29 is 9.90 Å². The fraction of sp³-hybridized carbons (Fsp3) is 0.571. The number of carbonyl (C=O) groups excluding carboxylic acids is 1. The lowest BCUT2D eigenvalue weighted by atomic mass is 10.2. The summed E-state index contributed by atoms with van der Waals surface area (Å²) in [4.78, 5) is 11.9. The lowest BCUT2D eigenvalue weighted by molar-refractivity contribution is -0.299. The van der Waals surface area contributed by atoms with E-state index in [1.54, 1.807) is 32.1 Å². The first-order valence-corrected chi connectivity index (χ1v) is 3.16. The summed E-state index contributed by atoms with van der Waals surface area (Å²) in [5.74, 6) is -1.09. The van der Waals surface area contributed by atoms with Crippen molar-refractivity contribution in [1.82, 2.24) is 4.90 Å². The maximum Gasteiger partial charge on any atom is 0.0689 e. The number of carboxylic acids is 1. The zero-order valence-corrected chi connectivity index (χ0v) is 6.55. The van der Waals surface area contributed by atoms with Crippen LogP contribution in [-0.4, -0.2) is 25.0 Å². The van der Waals surface area contributed by atoms with Gasteiger partial charge >= 0.3 is 0 Å². The van der Waals surface area contributed by atoms with E-state index >= 15 is 0 Å². The van der Waals surface area contributed by atoms with Crippen molar-refractivity contribution in [2.24, 2.45) is 0 Å². The molecule has 3 nitrogen and oxygen atoms in total. The fourth-order valence-corrected chi connectivity index (χ4v) is 0.600. The van der Waals surface area contributed by atoms with Crippen LogP contribution in [0.1, 0.15) is 13.3 Å². The van der Waals surface area contributed by atoms with E-state index in [-0.39, 0.29) is 0 Å². The number of hydrogen-bond acceptors (Lipinski definition) is 3. The summed E-state index contributed by atoms with van der Waals surface area (Å²) < 4.78 is 0. The van der Waals surface area contributed by atoms with E-state index in [0.29, 0.717) is 12.0 Å². The van der Waals surface area contributed by atoms with E-state index in [9.17, 15) is 9.90 Å². The molecule has 0 amide bonds. The van der Waals surface area contributed by atoms with Crippen LogP contribution < -0.4 is 5.11 Å². The van der Waals surface area contributed by atoms with E-state index in [4.69, 9.17) is 0 Å². The zero-order chi connectivity index (χ0) is 8.15. The van der Waals surface area contributed by atoms with Gasteiger partial charge in [-0.2, -0.15) is 0 Å². The Balaban J connectivity index is 4.19. The monoisotopic (exact) mass is 142 g/mol. The van der Waals surface area contributed by atoms with E-state index < -0.39 is 5.97 Å². The van der Waals surface area contributed by atoms with Gasteiger partial charge in [0, 0.05) is 20.3 Å². The molecule has 0 spiro atoms. The van der Waals surface area contributed by atoms with Gasteiger partial charge in [0.1, 0.15) is 0 Å². The molecule has 0 aromatic carbocycles. The highest BCUT2D eigenvalue weighted by atomic mass is 16.4. The van der Waals surface area contributed by atoms with Crippen molar-refractivity contribution in [3.05, 3.63) is 11.8 Å². The fourth-order valence-electron chi connectivity index (χ4n) is 0.600. The van der Waals surface area contributed by atoms with Crippen LogP contribution in [0.2, 0.25) is 0 Å². The van der Waals surface area contributed by atoms with E-state index in [2.05, 4.69) is 0 Å². The third-order valence-electron chi connectivity index (χ3n) is 1.06. The van der Waals surface area contributed by atoms with Crippen molar-refractivity contribution in [3.63, 3.8) is 0 Å². The molecule has 0 aromatic rings. The molecular formula is C7H12NO2-. The highest BCUT2D eigenvalue weighted by molar-refractivity contribution is 5.84. The van der Waals surface area contributed by atoms with Gasteiger partial charge in [-0.05, 0) is 12.0 Å². The third-order valence-corrected chi connectivity index (χ3v) is 1.06. The molecule has 0 atom stereocenters. The van der Waals surface area contributed by atoms with E-state index in [1.807, 2.05) is 0 Å². The summed E-state index contributed by atoms with van der Waals surface area (Å²) in [6.07, 6.45) is 2.05. The maximum absolute atomic E-state index is 10.3. The Morgan fingerprint density at radius 3 is 2.20 bits per heavy atom. The predicted octanol–water partition coefficient (Wildman–Crippen LogP) is -0.408. The minimum absolute atomic E-state index is 0.324. The molecule has 58 valence electrons. The Kier molecular flexibility index (Phi) is 3.54. The Morgan fingerprint density at radius 2 is 2.10 bits per heavy atom. The number of aliphatic carboxylic acids is 1. The summed E-state index contributed by atoms with van der Waals surface area (Å²) in [6.45, 7) is 1.78. The molecule has 0 rings (SSSR count). The molecule has 0 aliphatic carbocycles. The highest BCUT2D eigenvalue weighted by Crippen LogP contribution is 1.98. The summed E-state index contributed by atoms with van der Waals surface area (Å²) in [5.41, 5.74) is 0.324. The third kappa shape index (κ3) is 3.12. The van der Waals surface area contributed by atoms with Crippen molar-refractivity contribution in [2.45, 2.75) is 13.3 Å². The first kappa shape index (κ1) is 9.01. The highest BCUT2D eigenvalue weighted by Gasteiger charge is 1.93. The van der Waals surface area contributed by atoms with Gasteiger partial charge in [0.15, 0.2) is 0 Å². The number of carbonyl (C=O) groups is 1. The van der Waals surface area contributed by atoms with Crippen molar-refractivity contribution in [2.75, 3.05) is 14.1 Å². The average Bonchev–Trinajstić information content (AvgIpc) is 1.81. The van der Waals surface area contributed by atoms with Crippen molar-refractivity contribution >= 4 is 5.97 Å². The molecule has 3 heteroatoms. The number of nitrogens with zero attached hydrogens (tertiary/aromatic N) is 1. The van der Waals surface area contributed by atoms with Crippen LogP contribution in [0.4, 0.5) is 0 Å². The predicted molar refractivity (Wildman–Crippen MR) is 37.1 cm³/mol. The van der Waals surface area contributed by atoms with Gasteiger partial charge in [0.2, 0.25) is 0 Å². The second-order valence-electron chi connectivity index (χ2n) is 2.26. The molecule has 0 radical (unpaired) electrons. The van der Waals surface area contributed by atoms with Gasteiger partial charge < -0.3 is 14.8 Å². The molecule has 0 N–H and O–H groups in total. The Labute approximate surface area is 61.0 Å². The van der Waals surface area contributed by atoms with Gasteiger partial charge in [-0.15, -0.1) is 0 Å². The minimum atomic E-state index is -1.09. The number of rotatable bonds is 3. The first-order valence-electron chi connectivity index (χ1n) is 3.16. The summed E-state index contributed by atoms with van der Waals surface area (Å²) in [5, 5.41) is 10.3. The topological polar surface area (TPSA) is 43.4 Å². The lowest BCUT2D eigenvalue weighted by Gasteiger charge is -2.10. The molecule has 0 heterocycles. The van der Waals surface area contributed by atoms with Crippen LogP contribution in [0.25, 0.3) is 0 Å². The Morgan fingerprint density at radius 1 is 1.60 bits per heavy atom. The summed E-state index contributed by atoms with van der Waals surface area (Å²) in [7, 11) is 3.55. The largest absolute Gasteiger partial charge is 0.545 e. The lowest BCUT2D eigenvalue weighted by Crippen LogP contribution is -2.25. The van der Waals surface area contributed by atoms with Crippen molar-refractivity contribution in [3.8, 4) is 0 Å². The quantitative estimate of drug-likeness (QED) is 0.503. The summed E-state index contributed by atoms with van der Waals surface area (Å²) >= 11 is 0. The molecule has 0 aliphatic heterocycles. The maximum atomic E-state index is 10.3. The first-order chi connectivity index (χ1) is 4.57. The molecule has 0 fully saturated rings. The van der Waals surface area contributed by atoms with Crippen LogP contribution in [0.3, 0.4) is 0 Å². The smallest absolute Gasteiger partial charge is 0.0689 e. The van der Waals surface area contributed by atoms with Gasteiger partial charge in [0.05, 0.1) is 5.97 Å². The Bertz CT molecular complexity index is 150. The van der Waals surface area contributed by atoms with Crippen LogP contribution in [0.15, 0.2) is 11.8 Å².